The predicted octanol–water partition coefficient (Wildman–Crippen LogP) is 9.15. The molecule has 0 aliphatic rings. The van der Waals surface area contributed by atoms with Crippen LogP contribution in [0.4, 0.5) is 5.69 Å². The maximum Gasteiger partial charge on any atom is 3.00 e. The van der Waals surface area contributed by atoms with Crippen molar-refractivity contribution in [2.45, 2.75) is 45.3 Å². The van der Waals surface area contributed by atoms with Gasteiger partial charge in [0.1, 0.15) is 0 Å². The molecule has 6 aromatic rings. The van der Waals surface area contributed by atoms with Gasteiger partial charge in [0.05, 0.1) is 0 Å². The first kappa shape index (κ1) is 38.9. The third-order valence-electron chi connectivity index (χ3n) is 7.85. The Morgan fingerprint density at radius 3 is 0.957 bits per heavy atom. The molecule has 0 N–H and O–H groups in total. The Hall–Kier alpha value is -2.49. The molecule has 0 fully saturated rings. The molecule has 0 bridgehead atoms. The Bertz CT molecular complexity index is 1590. The summed E-state index contributed by atoms with van der Waals surface area (Å²) in [4.78, 5) is 5.62. The van der Waals surface area contributed by atoms with Crippen LogP contribution in [0, 0.1) is 13.8 Å². The van der Waals surface area contributed by atoms with Gasteiger partial charge in [0, 0.05) is 11.8 Å². The third kappa shape index (κ3) is 11.0. The van der Waals surface area contributed by atoms with Crippen molar-refractivity contribution in [1.82, 2.24) is 0 Å². The summed E-state index contributed by atoms with van der Waals surface area (Å²) < 4.78 is 0. The van der Waals surface area contributed by atoms with Crippen LogP contribution in [-0.2, 0) is 0 Å². The van der Waals surface area contributed by atoms with Gasteiger partial charge in [-0.1, -0.05) is 206 Å². The van der Waals surface area contributed by atoms with Crippen molar-refractivity contribution in [3.8, 4) is 0 Å². The molecule has 232 valence electrons. The van der Waals surface area contributed by atoms with Gasteiger partial charge in [0.15, 0.2) is 0 Å². The van der Waals surface area contributed by atoms with Gasteiger partial charge in [0.25, 0.3) is 0 Å². The largest absolute Gasteiger partial charge is 3.00 e. The summed E-state index contributed by atoms with van der Waals surface area (Å²) in [6, 6.07) is 58.6. The summed E-state index contributed by atoms with van der Waals surface area (Å²) in [5, 5.41) is 0. The van der Waals surface area contributed by atoms with Crippen LogP contribution in [-0.4, -0.2) is 25.6 Å². The molecule has 0 aromatic heterocycles. The molecule has 0 saturated carbocycles. The molecule has 0 unspecified atom stereocenters. The van der Waals surface area contributed by atoms with Crippen molar-refractivity contribution in [3.63, 3.8) is 0 Å². The summed E-state index contributed by atoms with van der Waals surface area (Å²) in [5.41, 5.74) is 11.5. The van der Waals surface area contributed by atoms with Gasteiger partial charge in [-0.2, -0.15) is 0 Å². The van der Waals surface area contributed by atoms with Crippen molar-refractivity contribution >= 4 is 31.3 Å². The molecular formula is C43H47AlKNSi. The van der Waals surface area contributed by atoms with E-state index in [1.807, 2.05) is 18.2 Å². The van der Waals surface area contributed by atoms with Crippen LogP contribution < -0.4 is 51.4 Å². The van der Waals surface area contributed by atoms with Crippen LogP contribution in [0.2, 0.25) is 19.6 Å². The maximum atomic E-state index is 5.62. The van der Waals surface area contributed by atoms with Gasteiger partial charge in [-0.15, -0.1) is 5.69 Å². The molecule has 0 atom stereocenters. The van der Waals surface area contributed by atoms with Gasteiger partial charge in [-0.05, 0) is 44.3 Å². The van der Waals surface area contributed by atoms with Crippen LogP contribution in [0.1, 0.15) is 60.6 Å². The molecule has 6 aromatic carbocycles. The zero-order valence-electron chi connectivity index (χ0n) is 31.8. The van der Waals surface area contributed by atoms with Gasteiger partial charge in [0.2, 0.25) is 0 Å². The van der Waals surface area contributed by atoms with Crippen molar-refractivity contribution in [1.29, 1.82) is 0 Å². The van der Waals surface area contributed by atoms with Crippen LogP contribution in [0.3, 0.4) is 0 Å². The van der Waals surface area contributed by atoms with Gasteiger partial charge < -0.3 is 9.26 Å². The second-order valence-electron chi connectivity index (χ2n) is 12.7. The summed E-state index contributed by atoms with van der Waals surface area (Å²) in [6.07, 6.45) is 0. The predicted molar refractivity (Wildman–Crippen MR) is 205 cm³/mol. The molecule has 1 nitrogen and oxygen atoms in total. The molecule has 0 amide bonds. The number of rotatable bonds is 8. The second kappa shape index (κ2) is 18.9. The number of hydrogen-bond acceptors (Lipinski definition) is 0. The summed E-state index contributed by atoms with van der Waals surface area (Å²) in [6.45, 7) is 11.3. The van der Waals surface area contributed by atoms with Crippen LogP contribution in [0.5, 0.6) is 0 Å². The first-order valence-electron chi connectivity index (χ1n) is 15.9. The minimum atomic E-state index is -1.85. The van der Waals surface area contributed by atoms with Crippen molar-refractivity contribution < 1.29 is 55.7 Å². The molecule has 0 spiro atoms. The smallest absolute Gasteiger partial charge is 1.00 e. The Morgan fingerprint density at radius 2 is 0.723 bits per heavy atom. The molecule has 0 aliphatic carbocycles. The van der Waals surface area contributed by atoms with Gasteiger partial charge in [-0.3, -0.25) is 0 Å². The molecule has 0 aliphatic heterocycles. The average molecular weight is 672 g/mol. The molecule has 0 heterocycles. The van der Waals surface area contributed by atoms with Crippen molar-refractivity contribution in [2.24, 2.45) is 0 Å². The van der Waals surface area contributed by atoms with E-state index in [1.165, 1.54) is 44.5 Å². The fourth-order valence-corrected chi connectivity index (χ4v) is 6.89. The van der Waals surface area contributed by atoms with Crippen LogP contribution in [0.15, 0.2) is 164 Å². The Balaban J connectivity index is 0.00000179. The molecule has 4 heteroatoms. The van der Waals surface area contributed by atoms with Crippen molar-refractivity contribution in [3.05, 3.63) is 213 Å². The van der Waals surface area contributed by atoms with E-state index >= 15 is 0 Å². The average Bonchev–Trinajstić information content (AvgIpc) is 3.05. The summed E-state index contributed by atoms with van der Waals surface area (Å²) in [7, 11) is -1.85. The molecule has 0 radical (unpaired) electrons. The molecule has 0 saturated heterocycles. The number of aryl methyl sites for hydroxylation is 2. The first-order chi connectivity index (χ1) is 21.8. The number of benzene rings is 6. The minimum absolute atomic E-state index is 0. The third-order valence-corrected chi connectivity index (χ3v) is 8.75. The van der Waals surface area contributed by atoms with E-state index in [1.54, 1.807) is 0 Å². The van der Waals surface area contributed by atoms with Crippen LogP contribution in [0.25, 0.3) is 4.98 Å². The van der Waals surface area contributed by atoms with E-state index in [9.17, 15) is 0 Å². The van der Waals surface area contributed by atoms with E-state index in [0.29, 0.717) is 0 Å². The van der Waals surface area contributed by atoms with Crippen molar-refractivity contribution in [2.75, 3.05) is 0 Å². The minimum Gasteiger partial charge on any atom is -1.00 e. The zero-order chi connectivity index (χ0) is 31.6. The van der Waals surface area contributed by atoms with E-state index in [2.05, 4.69) is 179 Å². The van der Waals surface area contributed by atoms with E-state index < -0.39 is 8.24 Å². The van der Waals surface area contributed by atoms with E-state index in [0.717, 1.165) is 5.69 Å². The standard InChI is InChI=1S/C36H36NSi.C7H8.Al.K.3H/c1-27-25-32(34(28-17-9-5-10-18-28)29-19-11-6-12-20-29)36(37-38(2,3)4)33(26-27)35(30-21-13-7-14-22-30)31-23-15-8-16-24-31;1-7-5-3-2-4-6-7;;;;;/h5-26,34-35H,1-4H3;2-6H,1H3;;;;;/q-1;;+3;+1;3*-1. The maximum absolute atomic E-state index is 5.62. The fraction of sp³-hybridized carbons (Fsp3) is 0.163. The van der Waals surface area contributed by atoms with E-state index in [-0.39, 0.29) is 84.9 Å². The van der Waals surface area contributed by atoms with E-state index in [4.69, 9.17) is 4.98 Å². The van der Waals surface area contributed by atoms with Gasteiger partial charge in [-0.25, -0.2) is 0 Å². The topological polar surface area (TPSA) is 14.1 Å². The normalized spacial score (nSPS) is 10.7. The number of hydrogen-bond donors (Lipinski definition) is 0. The van der Waals surface area contributed by atoms with Crippen LogP contribution >= 0.6 is 0 Å². The quantitative estimate of drug-likeness (QED) is 0.113. The summed E-state index contributed by atoms with van der Waals surface area (Å²) >= 11 is 0. The summed E-state index contributed by atoms with van der Waals surface area (Å²) in [5.74, 6) is 0.191. The Kier molecular flexibility index (Phi) is 15.7. The SMILES string of the molecule is Cc1cc(C(c2ccccc2)c2ccccc2)c([N-][Si](C)(C)C)c(C(c2ccccc2)c2ccccc2)c1.Cc1ccccc1.[Al+3].[H-].[H-].[H-].[K+]. The monoisotopic (exact) mass is 671 g/mol. The van der Waals surface area contributed by atoms with Gasteiger partial charge >= 0.3 is 68.7 Å². The molecule has 47 heavy (non-hydrogen) atoms. The Labute approximate surface area is 342 Å². The zero-order valence-corrected chi connectivity index (χ0v) is 34.0. The Morgan fingerprint density at radius 1 is 0.447 bits per heavy atom. The first-order valence-corrected chi connectivity index (χ1v) is 19.3. The number of nitrogens with zero attached hydrogens (tertiary/aromatic N) is 1. The molecular weight excluding hydrogens is 625 g/mol. The fourth-order valence-electron chi connectivity index (χ4n) is 5.96. The second-order valence-corrected chi connectivity index (χ2v) is 17.3. The molecule has 6 rings (SSSR count).